The normalized spacial score (nSPS) is 11.5. The van der Waals surface area contributed by atoms with Crippen molar-refractivity contribution in [2.24, 2.45) is 4.99 Å². The van der Waals surface area contributed by atoms with Crippen molar-refractivity contribution in [3.05, 3.63) is 95.8 Å². The number of aromatic nitrogens is 3. The minimum Gasteiger partial charge on any atom is -0.439 e. The topological polar surface area (TPSA) is 80.3 Å². The number of aryl methyl sites for hydroxylation is 1. The molecular weight excluding hydrogens is 400 g/mol. The Morgan fingerprint density at radius 1 is 1.03 bits per heavy atom. The second-order valence-corrected chi connectivity index (χ2v) is 7.51. The Hall–Kier alpha value is -3.87. The number of hydrogen-bond donors (Lipinski definition) is 2. The standard InChI is InChI=1S/C25H28N6O/c1-3-26-25(28-15-21-7-4-5-8-22(21)18-31-14-6-13-30-31)29-17-24-27-16-23(32-24)20-11-9-19(2)10-12-20/h4-14,16H,3,15,17-18H2,1-2H3,(H2,26,28,29). The maximum absolute atomic E-state index is 5.91. The minimum absolute atomic E-state index is 0.451. The van der Waals surface area contributed by atoms with E-state index in [2.05, 4.69) is 51.9 Å². The first-order valence-electron chi connectivity index (χ1n) is 10.8. The SMILES string of the molecule is CCNC(=NCc1ccccc1Cn1cccn1)NCc1ncc(-c2ccc(C)cc2)o1. The second kappa shape index (κ2) is 10.4. The zero-order valence-corrected chi connectivity index (χ0v) is 18.5. The van der Waals surface area contributed by atoms with Gasteiger partial charge in [-0.15, -0.1) is 0 Å². The summed E-state index contributed by atoms with van der Waals surface area (Å²) in [5.74, 6) is 2.10. The lowest BCUT2D eigenvalue weighted by atomic mass is 10.1. The van der Waals surface area contributed by atoms with Gasteiger partial charge < -0.3 is 15.1 Å². The van der Waals surface area contributed by atoms with Crippen molar-refractivity contribution >= 4 is 5.96 Å². The number of benzene rings is 2. The minimum atomic E-state index is 0.451. The molecule has 0 atom stereocenters. The van der Waals surface area contributed by atoms with Crippen LogP contribution in [0.4, 0.5) is 0 Å². The van der Waals surface area contributed by atoms with Crippen LogP contribution in [0.5, 0.6) is 0 Å². The highest BCUT2D eigenvalue weighted by Gasteiger charge is 2.08. The van der Waals surface area contributed by atoms with Crippen LogP contribution in [0.15, 0.2) is 82.6 Å². The molecule has 7 heteroatoms. The smallest absolute Gasteiger partial charge is 0.214 e. The van der Waals surface area contributed by atoms with Gasteiger partial charge in [0.05, 0.1) is 25.8 Å². The summed E-state index contributed by atoms with van der Waals surface area (Å²) in [4.78, 5) is 9.16. The predicted octanol–water partition coefficient (Wildman–Crippen LogP) is 4.15. The van der Waals surface area contributed by atoms with Gasteiger partial charge >= 0.3 is 0 Å². The molecule has 0 aliphatic rings. The van der Waals surface area contributed by atoms with Crippen LogP contribution in [0.3, 0.4) is 0 Å². The van der Waals surface area contributed by atoms with Gasteiger partial charge in [0.25, 0.3) is 0 Å². The van der Waals surface area contributed by atoms with Crippen LogP contribution in [0.1, 0.15) is 29.5 Å². The number of nitrogens with one attached hydrogen (secondary N) is 2. The fourth-order valence-corrected chi connectivity index (χ4v) is 3.34. The van der Waals surface area contributed by atoms with Gasteiger partial charge in [0.1, 0.15) is 0 Å². The van der Waals surface area contributed by atoms with Crippen molar-refractivity contribution in [1.29, 1.82) is 0 Å². The van der Waals surface area contributed by atoms with Crippen molar-refractivity contribution in [3.63, 3.8) is 0 Å². The Kier molecular flexibility index (Phi) is 6.97. The highest BCUT2D eigenvalue weighted by atomic mass is 16.4. The molecule has 0 radical (unpaired) electrons. The largest absolute Gasteiger partial charge is 0.439 e. The summed E-state index contributed by atoms with van der Waals surface area (Å²) in [7, 11) is 0. The Labute approximate surface area is 188 Å². The molecule has 0 saturated carbocycles. The highest BCUT2D eigenvalue weighted by Crippen LogP contribution is 2.20. The lowest BCUT2D eigenvalue weighted by Gasteiger charge is -2.11. The Bertz CT molecular complexity index is 1150. The van der Waals surface area contributed by atoms with Gasteiger partial charge in [-0.2, -0.15) is 5.10 Å². The zero-order valence-electron chi connectivity index (χ0n) is 18.5. The summed E-state index contributed by atoms with van der Waals surface area (Å²) in [5, 5.41) is 10.9. The van der Waals surface area contributed by atoms with E-state index in [9.17, 15) is 0 Å². The van der Waals surface area contributed by atoms with Crippen LogP contribution >= 0.6 is 0 Å². The highest BCUT2D eigenvalue weighted by molar-refractivity contribution is 5.79. The third-order valence-electron chi connectivity index (χ3n) is 5.06. The molecule has 2 heterocycles. The quantitative estimate of drug-likeness (QED) is 0.326. The summed E-state index contributed by atoms with van der Waals surface area (Å²) in [6.07, 6.45) is 5.52. The van der Waals surface area contributed by atoms with E-state index in [1.165, 1.54) is 11.1 Å². The molecule has 2 N–H and O–H groups in total. The predicted molar refractivity (Wildman–Crippen MR) is 126 cm³/mol. The first-order chi connectivity index (χ1) is 15.7. The van der Waals surface area contributed by atoms with Gasteiger partial charge in [0, 0.05) is 24.5 Å². The van der Waals surface area contributed by atoms with E-state index < -0.39 is 0 Å². The molecule has 164 valence electrons. The third kappa shape index (κ3) is 5.63. The first-order valence-corrected chi connectivity index (χ1v) is 10.8. The number of aliphatic imine (C=N–C) groups is 1. The third-order valence-corrected chi connectivity index (χ3v) is 5.06. The van der Waals surface area contributed by atoms with E-state index in [1.807, 2.05) is 48.1 Å². The van der Waals surface area contributed by atoms with Crippen molar-refractivity contribution in [1.82, 2.24) is 25.4 Å². The number of rotatable bonds is 8. The zero-order chi connectivity index (χ0) is 22.2. The molecule has 0 aliphatic heterocycles. The molecule has 0 unspecified atom stereocenters. The molecule has 0 fully saturated rings. The molecule has 0 bridgehead atoms. The molecule has 4 rings (SSSR count). The number of hydrogen-bond acceptors (Lipinski definition) is 4. The average Bonchev–Trinajstić information content (AvgIpc) is 3.49. The summed E-state index contributed by atoms with van der Waals surface area (Å²) in [6, 6.07) is 18.5. The maximum atomic E-state index is 5.91. The molecule has 0 saturated heterocycles. The summed E-state index contributed by atoms with van der Waals surface area (Å²) >= 11 is 0. The van der Waals surface area contributed by atoms with Crippen LogP contribution < -0.4 is 10.6 Å². The van der Waals surface area contributed by atoms with E-state index >= 15 is 0 Å². The van der Waals surface area contributed by atoms with Crippen LogP contribution in [-0.2, 0) is 19.6 Å². The first kappa shape index (κ1) is 21.4. The Morgan fingerprint density at radius 2 is 1.84 bits per heavy atom. The molecule has 7 nitrogen and oxygen atoms in total. The van der Waals surface area contributed by atoms with Gasteiger partial charge in [-0.05, 0) is 31.0 Å². The van der Waals surface area contributed by atoms with Gasteiger partial charge in [-0.1, -0.05) is 54.1 Å². The van der Waals surface area contributed by atoms with Crippen molar-refractivity contribution < 1.29 is 4.42 Å². The Balaban J connectivity index is 1.41. The molecule has 2 aromatic carbocycles. The fourth-order valence-electron chi connectivity index (χ4n) is 3.34. The molecule has 4 aromatic rings. The average molecular weight is 429 g/mol. The van der Waals surface area contributed by atoms with E-state index in [0.29, 0.717) is 19.0 Å². The monoisotopic (exact) mass is 428 g/mol. The molecule has 0 amide bonds. The summed E-state index contributed by atoms with van der Waals surface area (Å²) in [6.45, 7) is 6.61. The molecule has 0 spiro atoms. The van der Waals surface area contributed by atoms with Crippen molar-refractivity contribution in [3.8, 4) is 11.3 Å². The molecular formula is C25H28N6O. The number of nitrogens with zero attached hydrogens (tertiary/aromatic N) is 4. The maximum Gasteiger partial charge on any atom is 0.214 e. The van der Waals surface area contributed by atoms with Crippen LogP contribution in [0.25, 0.3) is 11.3 Å². The lowest BCUT2D eigenvalue weighted by Crippen LogP contribution is -2.36. The number of oxazole rings is 1. The second-order valence-electron chi connectivity index (χ2n) is 7.51. The van der Waals surface area contributed by atoms with E-state index in [-0.39, 0.29) is 0 Å². The molecule has 32 heavy (non-hydrogen) atoms. The van der Waals surface area contributed by atoms with Gasteiger partial charge in [0.2, 0.25) is 5.89 Å². The van der Waals surface area contributed by atoms with Gasteiger partial charge in [-0.3, -0.25) is 4.68 Å². The molecule has 0 aliphatic carbocycles. The summed E-state index contributed by atoms with van der Waals surface area (Å²) < 4.78 is 7.83. The van der Waals surface area contributed by atoms with E-state index in [0.717, 1.165) is 35.9 Å². The van der Waals surface area contributed by atoms with Gasteiger partial charge in [0.15, 0.2) is 11.7 Å². The van der Waals surface area contributed by atoms with Crippen LogP contribution in [-0.4, -0.2) is 27.3 Å². The Morgan fingerprint density at radius 3 is 2.59 bits per heavy atom. The van der Waals surface area contributed by atoms with Crippen LogP contribution in [0, 0.1) is 6.92 Å². The van der Waals surface area contributed by atoms with E-state index in [1.54, 1.807) is 12.4 Å². The lowest BCUT2D eigenvalue weighted by molar-refractivity contribution is 0.497. The molecule has 2 aromatic heterocycles. The van der Waals surface area contributed by atoms with Crippen molar-refractivity contribution in [2.75, 3.05) is 6.54 Å². The van der Waals surface area contributed by atoms with Crippen LogP contribution in [0.2, 0.25) is 0 Å². The number of guanidine groups is 1. The van der Waals surface area contributed by atoms with E-state index in [4.69, 9.17) is 9.41 Å². The fraction of sp³-hybridized carbons (Fsp3) is 0.240. The van der Waals surface area contributed by atoms with Crippen molar-refractivity contribution in [2.45, 2.75) is 33.5 Å². The summed E-state index contributed by atoms with van der Waals surface area (Å²) in [5.41, 5.74) is 4.60. The van der Waals surface area contributed by atoms with Gasteiger partial charge in [-0.25, -0.2) is 9.98 Å².